The average Bonchev–Trinajstić information content (AvgIpc) is 3.12. The predicted octanol–water partition coefficient (Wildman–Crippen LogP) is 1.89. The predicted molar refractivity (Wildman–Crippen MR) is 100 cm³/mol. The van der Waals surface area contributed by atoms with E-state index in [1.54, 1.807) is 6.92 Å². The highest BCUT2D eigenvalue weighted by Gasteiger charge is 2.30. The van der Waals surface area contributed by atoms with Gasteiger partial charge < -0.3 is 9.84 Å². The minimum atomic E-state index is -3.20. The Bertz CT molecular complexity index is 900. The van der Waals surface area contributed by atoms with Gasteiger partial charge in [-0.05, 0) is 26.7 Å². The van der Waals surface area contributed by atoms with E-state index in [4.69, 9.17) is 4.52 Å². The number of carbonyl (C=O) groups excluding carboxylic acids is 1. The van der Waals surface area contributed by atoms with Crippen LogP contribution in [0.5, 0.6) is 0 Å². The van der Waals surface area contributed by atoms with Gasteiger partial charge in [0.1, 0.15) is 6.04 Å². The van der Waals surface area contributed by atoms with Gasteiger partial charge in [-0.15, -0.1) is 0 Å². The molecule has 8 nitrogen and oxygen atoms in total. The van der Waals surface area contributed by atoms with E-state index < -0.39 is 16.1 Å². The van der Waals surface area contributed by atoms with Crippen LogP contribution < -0.4 is 5.32 Å². The molecule has 146 valence electrons. The smallest absolute Gasteiger partial charge is 0.249 e. The molecule has 1 atom stereocenters. The number of amides is 1. The Labute approximate surface area is 159 Å². The van der Waals surface area contributed by atoms with Crippen molar-refractivity contribution >= 4 is 15.9 Å². The molecule has 0 bridgehead atoms. The number of aryl methyl sites for hydroxylation is 1. The van der Waals surface area contributed by atoms with Gasteiger partial charge in [0.15, 0.2) is 0 Å². The Kier molecular flexibility index (Phi) is 5.61. The van der Waals surface area contributed by atoms with Crippen molar-refractivity contribution in [2.24, 2.45) is 5.92 Å². The van der Waals surface area contributed by atoms with Crippen LogP contribution in [0.4, 0.5) is 0 Å². The molecule has 1 aliphatic rings. The first-order chi connectivity index (χ1) is 12.7. The van der Waals surface area contributed by atoms with E-state index in [1.807, 2.05) is 31.2 Å². The minimum absolute atomic E-state index is 0.120. The molecule has 0 spiro atoms. The Hall–Kier alpha value is -2.26. The van der Waals surface area contributed by atoms with Crippen molar-refractivity contribution < 1.29 is 17.7 Å². The van der Waals surface area contributed by atoms with Gasteiger partial charge in [-0.25, -0.2) is 12.7 Å². The second-order valence-corrected chi connectivity index (χ2v) is 8.97. The maximum absolute atomic E-state index is 12.5. The van der Waals surface area contributed by atoms with Crippen molar-refractivity contribution in [2.45, 2.75) is 32.7 Å². The van der Waals surface area contributed by atoms with Crippen molar-refractivity contribution in [3.8, 4) is 11.4 Å². The van der Waals surface area contributed by atoms with Crippen LogP contribution in [0.15, 0.2) is 28.8 Å². The molecule has 0 unspecified atom stereocenters. The molecule has 0 saturated carbocycles. The molecule has 0 aliphatic carbocycles. The quantitative estimate of drug-likeness (QED) is 0.833. The van der Waals surface area contributed by atoms with Crippen molar-refractivity contribution in [3.05, 3.63) is 35.7 Å². The summed E-state index contributed by atoms with van der Waals surface area (Å²) >= 11 is 0. The van der Waals surface area contributed by atoms with Crippen LogP contribution in [0.2, 0.25) is 0 Å². The second kappa shape index (κ2) is 7.77. The van der Waals surface area contributed by atoms with Crippen molar-refractivity contribution in [2.75, 3.05) is 19.3 Å². The fourth-order valence-electron chi connectivity index (χ4n) is 3.07. The number of sulfonamides is 1. The third kappa shape index (κ3) is 4.72. The highest BCUT2D eigenvalue weighted by molar-refractivity contribution is 7.88. The summed E-state index contributed by atoms with van der Waals surface area (Å²) in [5.74, 6) is 0.482. The Morgan fingerprint density at radius 2 is 1.89 bits per heavy atom. The van der Waals surface area contributed by atoms with Crippen molar-refractivity contribution in [1.29, 1.82) is 0 Å². The summed E-state index contributed by atoms with van der Waals surface area (Å²) in [5.41, 5.74) is 1.99. The van der Waals surface area contributed by atoms with Gasteiger partial charge >= 0.3 is 0 Å². The Morgan fingerprint density at radius 1 is 1.26 bits per heavy atom. The summed E-state index contributed by atoms with van der Waals surface area (Å²) in [6.07, 6.45) is 2.20. The average molecular weight is 392 g/mol. The molecule has 2 heterocycles. The maximum atomic E-state index is 12.5. The number of aromatic nitrogens is 2. The fourth-order valence-corrected chi connectivity index (χ4v) is 3.95. The Morgan fingerprint density at radius 3 is 2.48 bits per heavy atom. The van der Waals surface area contributed by atoms with Gasteiger partial charge in [0.05, 0.1) is 6.26 Å². The van der Waals surface area contributed by atoms with Crippen molar-refractivity contribution in [1.82, 2.24) is 19.8 Å². The zero-order valence-corrected chi connectivity index (χ0v) is 16.5. The second-order valence-electron chi connectivity index (χ2n) is 6.99. The monoisotopic (exact) mass is 392 g/mol. The van der Waals surface area contributed by atoms with Gasteiger partial charge in [0.2, 0.25) is 27.6 Å². The number of rotatable bonds is 5. The number of nitrogens with zero attached hydrogens (tertiary/aromatic N) is 3. The number of benzene rings is 1. The number of hydrogen-bond acceptors (Lipinski definition) is 6. The topological polar surface area (TPSA) is 105 Å². The van der Waals surface area contributed by atoms with E-state index in [1.165, 1.54) is 10.6 Å². The number of carbonyl (C=O) groups is 1. The first-order valence-electron chi connectivity index (χ1n) is 8.90. The molecule has 1 aromatic carbocycles. The third-order valence-corrected chi connectivity index (χ3v) is 6.08. The number of hydrogen-bond donors (Lipinski definition) is 1. The van der Waals surface area contributed by atoms with Crippen molar-refractivity contribution in [3.63, 3.8) is 0 Å². The van der Waals surface area contributed by atoms with E-state index in [-0.39, 0.29) is 11.8 Å². The molecule has 27 heavy (non-hydrogen) atoms. The maximum Gasteiger partial charge on any atom is 0.249 e. The van der Waals surface area contributed by atoms with Crippen LogP contribution in [-0.2, 0) is 14.8 Å². The lowest BCUT2D eigenvalue weighted by molar-refractivity contribution is -0.126. The molecule has 3 rings (SSSR count). The molecular formula is C18H24N4O4S. The minimum Gasteiger partial charge on any atom is -0.344 e. The highest BCUT2D eigenvalue weighted by Crippen LogP contribution is 2.22. The molecule has 1 fully saturated rings. The van der Waals surface area contributed by atoms with E-state index in [2.05, 4.69) is 15.5 Å². The Balaban J connectivity index is 1.58. The van der Waals surface area contributed by atoms with Crippen LogP contribution in [0.25, 0.3) is 11.4 Å². The summed E-state index contributed by atoms with van der Waals surface area (Å²) in [6.45, 7) is 4.52. The molecule has 1 aliphatic heterocycles. The summed E-state index contributed by atoms with van der Waals surface area (Å²) in [4.78, 5) is 16.9. The first kappa shape index (κ1) is 19.5. The lowest BCUT2D eigenvalue weighted by Gasteiger charge is -2.29. The molecule has 1 saturated heterocycles. The summed E-state index contributed by atoms with van der Waals surface area (Å²) in [7, 11) is -3.20. The molecule has 1 amide bonds. The van der Waals surface area contributed by atoms with E-state index >= 15 is 0 Å². The number of piperidine rings is 1. The largest absolute Gasteiger partial charge is 0.344 e. The van der Waals surface area contributed by atoms with E-state index in [0.717, 1.165) is 11.1 Å². The van der Waals surface area contributed by atoms with Crippen LogP contribution in [0, 0.1) is 12.8 Å². The van der Waals surface area contributed by atoms with Gasteiger partial charge in [-0.2, -0.15) is 4.98 Å². The van der Waals surface area contributed by atoms with Gasteiger partial charge in [-0.1, -0.05) is 35.0 Å². The summed E-state index contributed by atoms with van der Waals surface area (Å²) in [5, 5.41) is 6.87. The molecule has 1 N–H and O–H groups in total. The van der Waals surface area contributed by atoms with E-state index in [9.17, 15) is 13.2 Å². The van der Waals surface area contributed by atoms with Gasteiger partial charge in [0, 0.05) is 24.6 Å². The molecule has 1 aromatic heterocycles. The summed E-state index contributed by atoms with van der Waals surface area (Å²) < 4.78 is 29.8. The zero-order valence-electron chi connectivity index (χ0n) is 15.7. The fraction of sp³-hybridized carbons (Fsp3) is 0.500. The molecule has 9 heteroatoms. The third-order valence-electron chi connectivity index (χ3n) is 4.77. The lowest BCUT2D eigenvalue weighted by Crippen LogP contribution is -2.43. The molecular weight excluding hydrogens is 368 g/mol. The SMILES string of the molecule is Cc1ccc(-c2noc([C@H](C)NC(=O)C3CCN(S(C)(=O)=O)CC3)n2)cc1. The summed E-state index contributed by atoms with van der Waals surface area (Å²) in [6, 6.07) is 7.36. The standard InChI is InChI=1S/C18H24N4O4S/c1-12-4-6-14(7-5-12)16-20-18(26-21-16)13(2)19-17(23)15-8-10-22(11-9-15)27(3,24)25/h4-7,13,15H,8-11H2,1-3H3,(H,19,23)/t13-/m0/s1. The van der Waals surface area contributed by atoms with Gasteiger partial charge in [-0.3, -0.25) is 4.79 Å². The van der Waals surface area contributed by atoms with Crippen LogP contribution >= 0.6 is 0 Å². The normalized spacial score (nSPS) is 17.6. The first-order valence-corrected chi connectivity index (χ1v) is 10.7. The highest BCUT2D eigenvalue weighted by atomic mass is 32.2. The van der Waals surface area contributed by atoms with Crippen LogP contribution in [0.1, 0.15) is 37.3 Å². The van der Waals surface area contributed by atoms with Gasteiger partial charge in [0.25, 0.3) is 0 Å². The zero-order chi connectivity index (χ0) is 19.6. The lowest BCUT2D eigenvalue weighted by atomic mass is 9.97. The molecule has 0 radical (unpaired) electrons. The van der Waals surface area contributed by atoms with E-state index in [0.29, 0.717) is 37.6 Å². The number of nitrogens with one attached hydrogen (secondary N) is 1. The van der Waals surface area contributed by atoms with Crippen LogP contribution in [0.3, 0.4) is 0 Å². The molecule has 2 aromatic rings. The van der Waals surface area contributed by atoms with Crippen LogP contribution in [-0.4, -0.2) is 48.1 Å².